The van der Waals surface area contributed by atoms with Gasteiger partial charge in [-0.1, -0.05) is 42.1 Å². The van der Waals surface area contributed by atoms with Gasteiger partial charge in [0.15, 0.2) is 0 Å². The van der Waals surface area contributed by atoms with Crippen molar-refractivity contribution >= 4 is 23.2 Å². The average molecular weight is 313 g/mol. The molecule has 1 aliphatic carbocycles. The molecule has 0 bridgehead atoms. The van der Waals surface area contributed by atoms with Gasteiger partial charge in [0.25, 0.3) is 0 Å². The highest BCUT2D eigenvalue weighted by atomic mass is 35.5. The normalized spacial score (nSPS) is 23.9. The zero-order valence-corrected chi connectivity index (χ0v) is 13.3. The molecule has 4 heteroatoms. The Kier molecular flexibility index (Phi) is 4.87. The standard InChI is InChI=1S/C16H22Cl2N2/c17-13-6-5-12(16(18)9-13)11-20(14-3-1-2-4-14)15-7-8-19-10-15/h5-6,9,14-15,19H,1-4,7-8,10-11H2/t15-/m0/s1. The predicted molar refractivity (Wildman–Crippen MR) is 85.5 cm³/mol. The molecule has 2 fully saturated rings. The summed E-state index contributed by atoms with van der Waals surface area (Å²) in [7, 11) is 0. The van der Waals surface area contributed by atoms with Crippen LogP contribution in [0, 0.1) is 0 Å². The Morgan fingerprint density at radius 1 is 1.10 bits per heavy atom. The van der Waals surface area contributed by atoms with E-state index in [9.17, 15) is 0 Å². The van der Waals surface area contributed by atoms with Crippen LogP contribution in [0.3, 0.4) is 0 Å². The molecule has 0 spiro atoms. The fraction of sp³-hybridized carbons (Fsp3) is 0.625. The van der Waals surface area contributed by atoms with E-state index in [1.807, 2.05) is 12.1 Å². The Balaban J connectivity index is 1.77. The van der Waals surface area contributed by atoms with Crippen molar-refractivity contribution in [1.82, 2.24) is 10.2 Å². The largest absolute Gasteiger partial charge is 0.315 e. The highest BCUT2D eigenvalue weighted by Crippen LogP contribution is 2.30. The van der Waals surface area contributed by atoms with Gasteiger partial charge in [-0.05, 0) is 43.5 Å². The number of nitrogens with zero attached hydrogens (tertiary/aromatic N) is 1. The van der Waals surface area contributed by atoms with Crippen LogP contribution in [-0.2, 0) is 6.54 Å². The maximum absolute atomic E-state index is 6.36. The van der Waals surface area contributed by atoms with Crippen LogP contribution in [0.4, 0.5) is 0 Å². The third-order valence-corrected chi connectivity index (χ3v) is 5.25. The SMILES string of the molecule is Clc1ccc(CN(C2CCCC2)[C@H]2CCNC2)c(Cl)c1. The number of nitrogens with one attached hydrogen (secondary N) is 1. The van der Waals surface area contributed by atoms with Crippen LogP contribution in [0.2, 0.25) is 10.0 Å². The second-order valence-corrected chi connectivity index (χ2v) is 6.84. The highest BCUT2D eigenvalue weighted by Gasteiger charge is 2.30. The van der Waals surface area contributed by atoms with Gasteiger partial charge < -0.3 is 5.32 Å². The molecule has 3 rings (SSSR count). The van der Waals surface area contributed by atoms with Crippen molar-refractivity contribution in [2.45, 2.75) is 50.7 Å². The number of hydrogen-bond acceptors (Lipinski definition) is 2. The molecule has 1 atom stereocenters. The van der Waals surface area contributed by atoms with E-state index >= 15 is 0 Å². The highest BCUT2D eigenvalue weighted by molar-refractivity contribution is 6.35. The molecule has 0 unspecified atom stereocenters. The van der Waals surface area contributed by atoms with Crippen molar-refractivity contribution in [1.29, 1.82) is 0 Å². The van der Waals surface area contributed by atoms with Crippen LogP contribution in [0.1, 0.15) is 37.7 Å². The van der Waals surface area contributed by atoms with E-state index in [1.165, 1.54) is 37.7 Å². The van der Waals surface area contributed by atoms with Gasteiger partial charge in [0.2, 0.25) is 0 Å². The number of hydrogen-bond donors (Lipinski definition) is 1. The minimum absolute atomic E-state index is 0.657. The molecule has 1 aliphatic heterocycles. The third-order valence-electron chi connectivity index (χ3n) is 4.67. The Hall–Kier alpha value is -0.280. The van der Waals surface area contributed by atoms with E-state index in [4.69, 9.17) is 23.2 Å². The summed E-state index contributed by atoms with van der Waals surface area (Å²) in [6.45, 7) is 3.21. The van der Waals surface area contributed by atoms with Gasteiger partial charge >= 0.3 is 0 Å². The molecule has 2 nitrogen and oxygen atoms in total. The van der Waals surface area contributed by atoms with E-state index in [1.54, 1.807) is 0 Å². The molecule has 0 aromatic heterocycles. The lowest BCUT2D eigenvalue weighted by atomic mass is 10.1. The second kappa shape index (κ2) is 6.65. The fourth-order valence-corrected chi connectivity index (χ4v) is 4.03. The first-order chi connectivity index (χ1) is 9.74. The molecule has 1 aromatic rings. The van der Waals surface area contributed by atoms with Crippen LogP contribution < -0.4 is 5.32 Å². The van der Waals surface area contributed by atoms with Crippen molar-refractivity contribution in [3.05, 3.63) is 33.8 Å². The zero-order chi connectivity index (χ0) is 13.9. The van der Waals surface area contributed by atoms with Gasteiger partial charge in [-0.25, -0.2) is 0 Å². The number of halogens is 2. The second-order valence-electron chi connectivity index (χ2n) is 5.99. The van der Waals surface area contributed by atoms with Crippen LogP contribution in [-0.4, -0.2) is 30.1 Å². The van der Waals surface area contributed by atoms with Gasteiger partial charge in [0.05, 0.1) is 0 Å². The summed E-state index contributed by atoms with van der Waals surface area (Å²) in [5, 5.41) is 5.00. The zero-order valence-electron chi connectivity index (χ0n) is 11.7. The van der Waals surface area contributed by atoms with Crippen LogP contribution in [0.15, 0.2) is 18.2 Å². The Morgan fingerprint density at radius 3 is 2.55 bits per heavy atom. The lowest BCUT2D eigenvalue weighted by Crippen LogP contribution is -2.42. The lowest BCUT2D eigenvalue weighted by molar-refractivity contribution is 0.136. The van der Waals surface area contributed by atoms with Crippen LogP contribution in [0.25, 0.3) is 0 Å². The van der Waals surface area contributed by atoms with Crippen molar-refractivity contribution < 1.29 is 0 Å². The van der Waals surface area contributed by atoms with E-state index in [-0.39, 0.29) is 0 Å². The summed E-state index contributed by atoms with van der Waals surface area (Å²) in [5.41, 5.74) is 1.20. The summed E-state index contributed by atoms with van der Waals surface area (Å²) >= 11 is 12.4. The minimum Gasteiger partial charge on any atom is -0.315 e. The first kappa shape index (κ1) is 14.6. The number of benzene rings is 1. The quantitative estimate of drug-likeness (QED) is 0.900. The fourth-order valence-electron chi connectivity index (χ4n) is 3.56. The molecule has 1 aromatic carbocycles. The molecule has 1 saturated heterocycles. The topological polar surface area (TPSA) is 15.3 Å². The Labute approximate surface area is 131 Å². The summed E-state index contributed by atoms with van der Waals surface area (Å²) in [4.78, 5) is 2.68. The summed E-state index contributed by atoms with van der Waals surface area (Å²) in [6, 6.07) is 7.27. The van der Waals surface area contributed by atoms with Crippen molar-refractivity contribution in [2.24, 2.45) is 0 Å². The van der Waals surface area contributed by atoms with E-state index < -0.39 is 0 Å². The van der Waals surface area contributed by atoms with Crippen molar-refractivity contribution in [2.75, 3.05) is 13.1 Å². The first-order valence-corrected chi connectivity index (χ1v) is 8.40. The smallest absolute Gasteiger partial charge is 0.0465 e. The Morgan fingerprint density at radius 2 is 1.90 bits per heavy atom. The summed E-state index contributed by atoms with van der Waals surface area (Å²) in [5.74, 6) is 0. The predicted octanol–water partition coefficient (Wildman–Crippen LogP) is 4.10. The van der Waals surface area contributed by atoms with Gasteiger partial charge in [-0.15, -0.1) is 0 Å². The van der Waals surface area contributed by atoms with Crippen LogP contribution in [0.5, 0.6) is 0 Å². The monoisotopic (exact) mass is 312 g/mol. The molecule has 110 valence electrons. The average Bonchev–Trinajstić information content (AvgIpc) is 3.11. The van der Waals surface area contributed by atoms with Gasteiger partial charge in [0.1, 0.15) is 0 Å². The van der Waals surface area contributed by atoms with E-state index in [0.717, 1.165) is 30.7 Å². The van der Waals surface area contributed by atoms with Gasteiger partial charge in [-0.3, -0.25) is 4.90 Å². The van der Waals surface area contributed by atoms with Gasteiger partial charge in [-0.2, -0.15) is 0 Å². The third kappa shape index (κ3) is 3.30. The molecule has 20 heavy (non-hydrogen) atoms. The van der Waals surface area contributed by atoms with Crippen molar-refractivity contribution in [3.63, 3.8) is 0 Å². The first-order valence-electron chi connectivity index (χ1n) is 7.64. The molecular weight excluding hydrogens is 291 g/mol. The maximum Gasteiger partial charge on any atom is 0.0465 e. The molecule has 2 aliphatic rings. The van der Waals surface area contributed by atoms with Crippen LogP contribution >= 0.6 is 23.2 Å². The molecule has 1 saturated carbocycles. The maximum atomic E-state index is 6.36. The van der Waals surface area contributed by atoms with Crippen molar-refractivity contribution in [3.8, 4) is 0 Å². The molecule has 0 amide bonds. The number of rotatable bonds is 4. The Bertz CT molecular complexity index is 436. The van der Waals surface area contributed by atoms with E-state index in [2.05, 4.69) is 16.3 Å². The molecular formula is C16H22Cl2N2. The molecule has 0 radical (unpaired) electrons. The lowest BCUT2D eigenvalue weighted by Gasteiger charge is -2.34. The van der Waals surface area contributed by atoms with Gasteiger partial charge in [0, 0.05) is 35.2 Å². The minimum atomic E-state index is 0.657. The summed E-state index contributed by atoms with van der Waals surface area (Å²) < 4.78 is 0. The molecule has 1 N–H and O–H groups in total. The summed E-state index contributed by atoms with van der Waals surface area (Å²) in [6.07, 6.45) is 6.66. The molecule has 1 heterocycles. The van der Waals surface area contributed by atoms with E-state index in [0.29, 0.717) is 11.1 Å².